The fourth-order valence-electron chi connectivity index (χ4n) is 5.39. The van der Waals surface area contributed by atoms with Crippen molar-refractivity contribution in [1.29, 1.82) is 0 Å². The maximum atomic E-state index is 14.0. The number of thiazole rings is 1. The van der Waals surface area contributed by atoms with Gasteiger partial charge in [0.25, 0.3) is 0 Å². The predicted molar refractivity (Wildman–Crippen MR) is 160 cm³/mol. The van der Waals surface area contributed by atoms with E-state index in [1.807, 2.05) is 11.4 Å². The summed E-state index contributed by atoms with van der Waals surface area (Å²) in [5.41, 5.74) is 8.64. The molecule has 42 heavy (non-hydrogen) atoms. The van der Waals surface area contributed by atoms with E-state index in [1.165, 1.54) is 69.3 Å². The van der Waals surface area contributed by atoms with Gasteiger partial charge in [0.1, 0.15) is 18.3 Å². The zero-order chi connectivity index (χ0) is 29.6. The largest absolute Gasteiger partial charge is 0.493 e. The number of carbonyl (C=O) groups excluding carboxylic acids is 2. The minimum Gasteiger partial charge on any atom is -0.493 e. The highest BCUT2D eigenvalue weighted by atomic mass is 32.1. The molecule has 0 spiro atoms. The van der Waals surface area contributed by atoms with E-state index in [9.17, 15) is 9.59 Å². The number of nitrogens with two attached hydrogens (primary N) is 1. The van der Waals surface area contributed by atoms with Crippen molar-refractivity contribution in [2.75, 3.05) is 26.6 Å². The van der Waals surface area contributed by atoms with Gasteiger partial charge >= 0.3 is 0 Å². The van der Waals surface area contributed by atoms with E-state index >= 15 is 0 Å². The Morgan fingerprint density at radius 3 is 2.57 bits per heavy atom. The number of ether oxygens (including phenoxy) is 3. The number of hydrogen-bond acceptors (Lipinski definition) is 10. The molecular formula is C30H34N6O5S. The summed E-state index contributed by atoms with van der Waals surface area (Å²) in [7, 11) is 4.46. The molecule has 1 saturated carbocycles. The van der Waals surface area contributed by atoms with Crippen molar-refractivity contribution in [3.63, 3.8) is 0 Å². The van der Waals surface area contributed by atoms with Crippen molar-refractivity contribution in [2.24, 2.45) is 11.7 Å². The SMILES string of the molecule is COc1cc(C(=O)c2cccc(-c3csc(NC(=O)C(N)CC4CCCCC4)n3)c2)c(-n2cncn2)c(OC)c1OC. The van der Waals surface area contributed by atoms with E-state index in [4.69, 9.17) is 19.9 Å². The Morgan fingerprint density at radius 1 is 1.10 bits per heavy atom. The van der Waals surface area contributed by atoms with Crippen LogP contribution in [-0.4, -0.2) is 58.8 Å². The van der Waals surface area contributed by atoms with Gasteiger partial charge in [0.15, 0.2) is 22.4 Å². The normalized spacial score (nSPS) is 14.3. The van der Waals surface area contributed by atoms with E-state index in [2.05, 4.69) is 20.4 Å². The number of anilines is 1. The fraction of sp³-hybridized carbons (Fsp3) is 0.367. The molecule has 4 aromatic rings. The number of carbonyl (C=O) groups is 2. The van der Waals surface area contributed by atoms with Crippen LogP contribution in [0.25, 0.3) is 16.9 Å². The number of benzene rings is 2. The third-order valence-electron chi connectivity index (χ3n) is 7.50. The molecule has 0 bridgehead atoms. The second-order valence-electron chi connectivity index (χ2n) is 10.2. The maximum Gasteiger partial charge on any atom is 0.243 e. The number of rotatable bonds is 11. The van der Waals surface area contributed by atoms with Gasteiger partial charge in [-0.1, -0.05) is 50.3 Å². The highest BCUT2D eigenvalue weighted by molar-refractivity contribution is 7.14. The Kier molecular flexibility index (Phi) is 9.13. The molecule has 1 unspecified atom stereocenters. The molecule has 3 N–H and O–H groups in total. The summed E-state index contributed by atoms with van der Waals surface area (Å²) in [6.45, 7) is 0. The first-order valence-electron chi connectivity index (χ1n) is 13.8. The molecule has 0 radical (unpaired) electrons. The average molecular weight is 591 g/mol. The van der Waals surface area contributed by atoms with Crippen LogP contribution >= 0.6 is 11.3 Å². The van der Waals surface area contributed by atoms with Gasteiger partial charge in [0.05, 0.1) is 38.6 Å². The quantitative estimate of drug-likeness (QED) is 0.234. The molecule has 220 valence electrons. The zero-order valence-corrected chi connectivity index (χ0v) is 24.6. The first-order chi connectivity index (χ1) is 20.4. The lowest BCUT2D eigenvalue weighted by Gasteiger charge is -2.23. The molecule has 1 amide bonds. The average Bonchev–Trinajstić information content (AvgIpc) is 3.73. The molecule has 12 heteroatoms. The molecule has 0 saturated heterocycles. The van der Waals surface area contributed by atoms with Crippen LogP contribution in [0.15, 0.2) is 48.4 Å². The Balaban J connectivity index is 1.40. The molecule has 2 aromatic heterocycles. The monoisotopic (exact) mass is 590 g/mol. The van der Waals surface area contributed by atoms with E-state index in [0.717, 1.165) is 18.4 Å². The van der Waals surface area contributed by atoms with Crippen LogP contribution in [0.4, 0.5) is 5.13 Å². The van der Waals surface area contributed by atoms with Crippen LogP contribution in [0.1, 0.15) is 54.4 Å². The van der Waals surface area contributed by atoms with Crippen LogP contribution in [-0.2, 0) is 4.79 Å². The Hall–Kier alpha value is -4.29. The van der Waals surface area contributed by atoms with Crippen molar-refractivity contribution in [1.82, 2.24) is 19.7 Å². The van der Waals surface area contributed by atoms with Crippen molar-refractivity contribution >= 4 is 28.2 Å². The molecule has 1 aliphatic rings. The number of hydrogen-bond donors (Lipinski definition) is 2. The van der Waals surface area contributed by atoms with Gasteiger partial charge < -0.3 is 25.3 Å². The summed E-state index contributed by atoms with van der Waals surface area (Å²) >= 11 is 1.31. The summed E-state index contributed by atoms with van der Waals surface area (Å²) in [5, 5.41) is 9.39. The number of aromatic nitrogens is 4. The van der Waals surface area contributed by atoms with E-state index in [0.29, 0.717) is 45.9 Å². The van der Waals surface area contributed by atoms with Crippen molar-refractivity contribution in [3.05, 3.63) is 59.5 Å². The lowest BCUT2D eigenvalue weighted by atomic mass is 9.85. The third-order valence-corrected chi connectivity index (χ3v) is 8.26. The van der Waals surface area contributed by atoms with Crippen LogP contribution in [0.3, 0.4) is 0 Å². The third kappa shape index (κ3) is 6.14. The summed E-state index contributed by atoms with van der Waals surface area (Å²) in [5.74, 6) is 0.920. The summed E-state index contributed by atoms with van der Waals surface area (Å²) in [4.78, 5) is 35.4. The summed E-state index contributed by atoms with van der Waals surface area (Å²) in [6.07, 6.45) is 9.47. The first-order valence-corrected chi connectivity index (χ1v) is 14.7. The molecule has 1 fully saturated rings. The Morgan fingerprint density at radius 2 is 1.88 bits per heavy atom. The molecule has 11 nitrogen and oxygen atoms in total. The van der Waals surface area contributed by atoms with Crippen molar-refractivity contribution in [3.8, 4) is 34.2 Å². The minimum absolute atomic E-state index is 0.228. The van der Waals surface area contributed by atoms with Gasteiger partial charge in [-0.25, -0.2) is 14.6 Å². The second kappa shape index (κ2) is 13.1. The van der Waals surface area contributed by atoms with Gasteiger partial charge in [0.2, 0.25) is 11.7 Å². The topological polar surface area (TPSA) is 143 Å². The molecule has 1 aliphatic carbocycles. The zero-order valence-electron chi connectivity index (χ0n) is 23.8. The number of nitrogens with one attached hydrogen (secondary N) is 1. The number of nitrogens with zero attached hydrogens (tertiary/aromatic N) is 4. The van der Waals surface area contributed by atoms with Crippen LogP contribution in [0.5, 0.6) is 17.2 Å². The summed E-state index contributed by atoms with van der Waals surface area (Å²) < 4.78 is 18.1. The van der Waals surface area contributed by atoms with E-state index < -0.39 is 6.04 Å². The lowest BCUT2D eigenvalue weighted by molar-refractivity contribution is -0.117. The minimum atomic E-state index is -0.570. The molecule has 0 aliphatic heterocycles. The number of ketones is 1. The van der Waals surface area contributed by atoms with Crippen LogP contribution in [0, 0.1) is 5.92 Å². The Labute approximate surface area is 248 Å². The lowest BCUT2D eigenvalue weighted by Crippen LogP contribution is -2.37. The van der Waals surface area contributed by atoms with Crippen LogP contribution in [0.2, 0.25) is 0 Å². The smallest absolute Gasteiger partial charge is 0.243 e. The number of amides is 1. The standard InChI is InChI=1S/C30H34N6O5S/c1-39-24-14-21(25(36-17-32-16-33-36)28(41-3)27(24)40-2)26(37)20-11-7-10-19(13-20)23-15-42-30(34-23)35-29(38)22(31)12-18-8-5-4-6-9-18/h7,10-11,13-18,22H,4-6,8-9,12,31H2,1-3H3,(H,34,35,38). The van der Waals surface area contributed by atoms with Gasteiger partial charge in [-0.3, -0.25) is 9.59 Å². The summed E-state index contributed by atoms with van der Waals surface area (Å²) in [6, 6.07) is 8.15. The molecular weight excluding hydrogens is 556 g/mol. The second-order valence-corrected chi connectivity index (χ2v) is 11.0. The van der Waals surface area contributed by atoms with E-state index in [-0.39, 0.29) is 23.0 Å². The van der Waals surface area contributed by atoms with Crippen molar-refractivity contribution in [2.45, 2.75) is 44.6 Å². The molecule has 2 aromatic carbocycles. The Bertz CT molecular complexity index is 1550. The molecule has 5 rings (SSSR count). The molecule has 2 heterocycles. The van der Waals surface area contributed by atoms with Crippen LogP contribution < -0.4 is 25.3 Å². The van der Waals surface area contributed by atoms with Gasteiger partial charge in [0, 0.05) is 16.5 Å². The first kappa shape index (κ1) is 29.2. The van der Waals surface area contributed by atoms with Gasteiger partial charge in [-0.05, 0) is 24.5 Å². The van der Waals surface area contributed by atoms with Crippen molar-refractivity contribution < 1.29 is 23.8 Å². The fourth-order valence-corrected chi connectivity index (χ4v) is 6.11. The van der Waals surface area contributed by atoms with Gasteiger partial charge in [-0.15, -0.1) is 11.3 Å². The highest BCUT2D eigenvalue weighted by Gasteiger charge is 2.27. The number of methoxy groups -OCH3 is 3. The van der Waals surface area contributed by atoms with E-state index in [1.54, 1.807) is 24.3 Å². The maximum absolute atomic E-state index is 14.0. The predicted octanol–water partition coefficient (Wildman–Crippen LogP) is 4.88. The van der Waals surface area contributed by atoms with Gasteiger partial charge in [-0.2, -0.15) is 5.10 Å². The highest BCUT2D eigenvalue weighted by Crippen LogP contribution is 2.44. The molecule has 1 atom stereocenters.